The molecule has 20 heavy (non-hydrogen) atoms. The van der Waals surface area contributed by atoms with Crippen molar-refractivity contribution in [3.05, 3.63) is 18.3 Å². The molecule has 1 rings (SSSR count). The highest BCUT2D eigenvalue weighted by Crippen LogP contribution is 2.14. The number of nitrogens with one attached hydrogen (secondary N) is 1. The van der Waals surface area contributed by atoms with Crippen LogP contribution in [0.4, 0.5) is 0 Å². The van der Waals surface area contributed by atoms with Gasteiger partial charge in [0.05, 0.1) is 0 Å². The lowest BCUT2D eigenvalue weighted by Gasteiger charge is -2.16. The lowest BCUT2D eigenvalue weighted by molar-refractivity contribution is 0.465. The molecule has 0 saturated heterocycles. The van der Waals surface area contributed by atoms with Crippen LogP contribution >= 0.6 is 12.4 Å². The Labute approximate surface area is 125 Å². The van der Waals surface area contributed by atoms with E-state index in [2.05, 4.69) is 10.3 Å². The summed E-state index contributed by atoms with van der Waals surface area (Å²) >= 11 is 0. The van der Waals surface area contributed by atoms with E-state index in [4.69, 9.17) is 0 Å². The van der Waals surface area contributed by atoms with Crippen molar-refractivity contribution in [2.24, 2.45) is 0 Å². The molecule has 0 aromatic carbocycles. The lowest BCUT2D eigenvalue weighted by Crippen LogP contribution is -2.32. The minimum Gasteiger partial charge on any atom is -0.318 e. The fourth-order valence-corrected chi connectivity index (χ4v) is 2.98. The number of pyridine rings is 1. The minimum absolute atomic E-state index is 0. The Bertz CT molecular complexity index is 629. The molecular weight excluding hydrogens is 326 g/mol. The van der Waals surface area contributed by atoms with Gasteiger partial charge in [-0.05, 0) is 19.2 Å². The Morgan fingerprint density at radius 1 is 1.25 bits per heavy atom. The molecule has 1 aromatic rings. The summed E-state index contributed by atoms with van der Waals surface area (Å²) in [4.78, 5) is 3.64. The minimum atomic E-state index is -3.64. The Morgan fingerprint density at radius 2 is 1.85 bits per heavy atom. The quantitative estimate of drug-likeness (QED) is 0.765. The van der Waals surface area contributed by atoms with Crippen LogP contribution in [0.15, 0.2) is 28.3 Å². The van der Waals surface area contributed by atoms with Crippen LogP contribution in [-0.4, -0.2) is 59.6 Å². The zero-order valence-electron chi connectivity index (χ0n) is 11.4. The van der Waals surface area contributed by atoms with Gasteiger partial charge >= 0.3 is 0 Å². The number of sulfonamides is 1. The largest absolute Gasteiger partial charge is 0.318 e. The molecule has 10 heteroatoms. The third-order valence-electron chi connectivity index (χ3n) is 2.47. The van der Waals surface area contributed by atoms with Crippen molar-refractivity contribution in [1.82, 2.24) is 14.6 Å². The number of halogens is 1. The molecule has 0 amide bonds. The van der Waals surface area contributed by atoms with Gasteiger partial charge in [-0.25, -0.2) is 21.8 Å². The summed E-state index contributed by atoms with van der Waals surface area (Å²) in [7, 11) is -3.89. The van der Waals surface area contributed by atoms with E-state index in [0.29, 0.717) is 13.1 Å². The molecule has 0 atom stereocenters. The summed E-state index contributed by atoms with van der Waals surface area (Å²) in [5, 5.41) is 2.70. The molecule has 0 fully saturated rings. The van der Waals surface area contributed by atoms with E-state index in [1.165, 1.54) is 23.5 Å². The average Bonchev–Trinajstić information content (AvgIpc) is 2.35. The summed E-state index contributed by atoms with van der Waals surface area (Å²) < 4.78 is 47.9. The SMILES string of the molecule is CNCCN(C)S(=O)(=O)c1ccc(S(C)(=O)=O)nc1.Cl. The molecule has 0 radical (unpaired) electrons. The maximum absolute atomic E-state index is 12.1. The molecule has 0 saturated carbocycles. The highest BCUT2D eigenvalue weighted by molar-refractivity contribution is 7.90. The van der Waals surface area contributed by atoms with Crippen LogP contribution in [-0.2, 0) is 19.9 Å². The molecule has 116 valence electrons. The highest BCUT2D eigenvalue weighted by Gasteiger charge is 2.21. The van der Waals surface area contributed by atoms with Crippen molar-refractivity contribution in [3.63, 3.8) is 0 Å². The van der Waals surface area contributed by atoms with Crippen molar-refractivity contribution in [2.45, 2.75) is 9.92 Å². The molecule has 0 aliphatic carbocycles. The van der Waals surface area contributed by atoms with Gasteiger partial charge in [0.1, 0.15) is 4.90 Å². The van der Waals surface area contributed by atoms with E-state index in [1.54, 1.807) is 7.05 Å². The third kappa shape index (κ3) is 4.67. The Hall–Kier alpha value is -0.740. The average molecular weight is 344 g/mol. The van der Waals surface area contributed by atoms with Gasteiger partial charge in [0.25, 0.3) is 0 Å². The number of aromatic nitrogens is 1. The topological polar surface area (TPSA) is 96.4 Å². The molecule has 0 aliphatic heterocycles. The summed E-state index contributed by atoms with van der Waals surface area (Å²) in [6.07, 6.45) is 2.07. The van der Waals surface area contributed by atoms with Crippen LogP contribution < -0.4 is 5.32 Å². The molecule has 0 unspecified atom stereocenters. The molecule has 0 spiro atoms. The standard InChI is InChI=1S/C10H17N3O4S2.ClH/c1-11-6-7-13(2)19(16,17)9-4-5-10(12-8-9)18(3,14)15;/h4-5,8,11H,6-7H2,1-3H3;1H. The number of hydrogen-bond donors (Lipinski definition) is 1. The van der Waals surface area contributed by atoms with Gasteiger partial charge in [-0.2, -0.15) is 4.31 Å². The first-order chi connectivity index (χ1) is 8.69. The maximum atomic E-state index is 12.1. The van der Waals surface area contributed by atoms with Gasteiger partial charge < -0.3 is 5.32 Å². The van der Waals surface area contributed by atoms with Gasteiger partial charge in [-0.1, -0.05) is 0 Å². The zero-order chi connectivity index (χ0) is 14.7. The van der Waals surface area contributed by atoms with Crippen molar-refractivity contribution in [3.8, 4) is 0 Å². The lowest BCUT2D eigenvalue weighted by atomic mass is 10.5. The summed E-state index contributed by atoms with van der Waals surface area (Å²) in [5.41, 5.74) is 0. The van der Waals surface area contributed by atoms with Gasteiger partial charge in [-0.3, -0.25) is 0 Å². The number of sulfone groups is 1. The molecular formula is C10H18ClN3O4S2. The van der Waals surface area contributed by atoms with E-state index in [-0.39, 0.29) is 22.3 Å². The first-order valence-corrected chi connectivity index (χ1v) is 8.80. The van der Waals surface area contributed by atoms with E-state index in [9.17, 15) is 16.8 Å². The van der Waals surface area contributed by atoms with Crippen molar-refractivity contribution in [2.75, 3.05) is 33.4 Å². The van der Waals surface area contributed by atoms with E-state index < -0.39 is 19.9 Å². The zero-order valence-corrected chi connectivity index (χ0v) is 13.8. The maximum Gasteiger partial charge on any atom is 0.244 e. The highest BCUT2D eigenvalue weighted by atomic mass is 35.5. The second-order valence-electron chi connectivity index (χ2n) is 4.03. The molecule has 7 nitrogen and oxygen atoms in total. The molecule has 1 N–H and O–H groups in total. The van der Waals surface area contributed by atoms with E-state index >= 15 is 0 Å². The predicted octanol–water partition coefficient (Wildman–Crippen LogP) is -0.253. The van der Waals surface area contributed by atoms with Crippen LogP contribution in [0.5, 0.6) is 0 Å². The fourth-order valence-electron chi connectivity index (χ4n) is 1.31. The van der Waals surface area contributed by atoms with E-state index in [0.717, 1.165) is 12.5 Å². The van der Waals surface area contributed by atoms with Gasteiger partial charge in [0, 0.05) is 32.6 Å². The first-order valence-electron chi connectivity index (χ1n) is 5.46. The number of likely N-dealkylation sites (N-methyl/N-ethyl adjacent to an activating group) is 2. The summed E-state index contributed by atoms with van der Waals surface area (Å²) in [6.45, 7) is 0.831. The molecule has 1 aromatic heterocycles. The van der Waals surface area contributed by atoms with Crippen LogP contribution in [0.3, 0.4) is 0 Å². The van der Waals surface area contributed by atoms with Gasteiger partial charge in [0.2, 0.25) is 10.0 Å². The summed E-state index contributed by atoms with van der Waals surface area (Å²) in [5.74, 6) is 0. The molecule has 1 heterocycles. The number of hydrogen-bond acceptors (Lipinski definition) is 6. The number of rotatable bonds is 6. The van der Waals surface area contributed by atoms with Crippen molar-refractivity contribution >= 4 is 32.3 Å². The molecule has 0 bridgehead atoms. The Kier molecular flexibility index (Phi) is 7.05. The van der Waals surface area contributed by atoms with Crippen LogP contribution in [0.25, 0.3) is 0 Å². The monoisotopic (exact) mass is 343 g/mol. The Balaban J connectivity index is 0.00000361. The second kappa shape index (κ2) is 7.32. The van der Waals surface area contributed by atoms with Crippen molar-refractivity contribution in [1.29, 1.82) is 0 Å². The van der Waals surface area contributed by atoms with E-state index in [1.807, 2.05) is 0 Å². The molecule has 0 aliphatic rings. The van der Waals surface area contributed by atoms with Gasteiger partial charge in [0.15, 0.2) is 14.9 Å². The Morgan fingerprint density at radius 3 is 2.25 bits per heavy atom. The first kappa shape index (κ1) is 19.3. The summed E-state index contributed by atoms with van der Waals surface area (Å²) in [6, 6.07) is 2.43. The van der Waals surface area contributed by atoms with Crippen LogP contribution in [0.1, 0.15) is 0 Å². The van der Waals surface area contributed by atoms with Gasteiger partial charge in [-0.15, -0.1) is 12.4 Å². The second-order valence-corrected chi connectivity index (χ2v) is 8.04. The van der Waals surface area contributed by atoms with Crippen molar-refractivity contribution < 1.29 is 16.8 Å². The van der Waals surface area contributed by atoms with Crippen LogP contribution in [0, 0.1) is 0 Å². The smallest absolute Gasteiger partial charge is 0.244 e. The third-order valence-corrected chi connectivity index (χ3v) is 5.32. The fraction of sp³-hybridized carbons (Fsp3) is 0.500. The predicted molar refractivity (Wildman–Crippen MR) is 78.3 cm³/mol. The van der Waals surface area contributed by atoms with Crippen LogP contribution in [0.2, 0.25) is 0 Å². The number of nitrogens with zero attached hydrogens (tertiary/aromatic N) is 2. The normalized spacial score (nSPS) is 12.2.